The minimum atomic E-state index is 0.107. The minimum absolute atomic E-state index is 0.107. The molecule has 0 bridgehead atoms. The molecule has 1 atom stereocenters. The maximum absolute atomic E-state index is 12.8. The van der Waals surface area contributed by atoms with Gasteiger partial charge in [0.1, 0.15) is 5.82 Å². The van der Waals surface area contributed by atoms with Crippen LogP contribution < -0.4 is 10.5 Å². The summed E-state index contributed by atoms with van der Waals surface area (Å²) in [5, 5.41) is 0. The lowest BCUT2D eigenvalue weighted by Crippen LogP contribution is -2.49. The van der Waals surface area contributed by atoms with Crippen molar-refractivity contribution in [3.05, 3.63) is 57.5 Å². The van der Waals surface area contributed by atoms with Gasteiger partial charge in [0.2, 0.25) is 0 Å². The molecule has 1 aliphatic heterocycles. The Kier molecular flexibility index (Phi) is 4.53. The van der Waals surface area contributed by atoms with E-state index in [1.54, 1.807) is 0 Å². The van der Waals surface area contributed by atoms with E-state index >= 15 is 0 Å². The first-order valence-electron chi connectivity index (χ1n) is 11.8. The number of aryl methyl sites for hydroxylation is 2. The van der Waals surface area contributed by atoms with Crippen LogP contribution in [0.4, 0.5) is 5.69 Å². The Morgan fingerprint density at radius 1 is 1.13 bits per heavy atom. The summed E-state index contributed by atoms with van der Waals surface area (Å²) in [6.07, 6.45) is 12.0. The zero-order valence-electron chi connectivity index (χ0n) is 18.4. The van der Waals surface area contributed by atoms with E-state index in [-0.39, 0.29) is 5.56 Å². The number of nitrogens with zero attached hydrogens (tertiary/aromatic N) is 4. The molecule has 6 heteroatoms. The number of aromatic amines is 1. The molecular weight excluding hydrogens is 386 g/mol. The van der Waals surface area contributed by atoms with Crippen molar-refractivity contribution in [2.45, 2.75) is 57.9 Å². The molecule has 2 aromatic heterocycles. The van der Waals surface area contributed by atoms with Gasteiger partial charge in [0.25, 0.3) is 5.56 Å². The standard InChI is InChI=1S/C25H31N5O/c1-17-22(3-2-10-26-17)30-13-11-29(12-14-30)19-5-4-18(15-19)23-27-21-6-7-25(8-9-25)16-20(21)24(31)28-23/h2-3,10,15,19H,4-9,11-14,16H2,1H3,(H,27,28,31)/t19-/m1/s1. The number of nitrogens with one attached hydrogen (secondary N) is 1. The molecule has 0 radical (unpaired) electrons. The summed E-state index contributed by atoms with van der Waals surface area (Å²) in [4.78, 5) is 30.3. The third-order valence-electron chi connectivity index (χ3n) is 8.01. The third-order valence-corrected chi connectivity index (χ3v) is 8.01. The number of pyridine rings is 1. The van der Waals surface area contributed by atoms with Crippen molar-refractivity contribution >= 4 is 11.3 Å². The Hall–Kier alpha value is -2.47. The van der Waals surface area contributed by atoms with Crippen LogP contribution in [0.25, 0.3) is 5.57 Å². The second kappa shape index (κ2) is 7.30. The average Bonchev–Trinajstić information content (AvgIpc) is 3.35. The number of fused-ring (bicyclic) bond motifs is 1. The van der Waals surface area contributed by atoms with E-state index in [1.165, 1.54) is 30.5 Å². The fraction of sp³-hybridized carbons (Fsp3) is 0.560. The zero-order chi connectivity index (χ0) is 21.0. The van der Waals surface area contributed by atoms with Crippen molar-refractivity contribution < 1.29 is 0 Å². The Morgan fingerprint density at radius 2 is 1.97 bits per heavy atom. The maximum Gasteiger partial charge on any atom is 0.254 e. The van der Waals surface area contributed by atoms with Crippen molar-refractivity contribution in [3.8, 4) is 0 Å². The second-order valence-electron chi connectivity index (χ2n) is 9.95. The van der Waals surface area contributed by atoms with E-state index in [1.807, 2.05) is 12.3 Å². The van der Waals surface area contributed by atoms with E-state index < -0.39 is 0 Å². The third kappa shape index (κ3) is 3.51. The van der Waals surface area contributed by atoms with Crippen LogP contribution >= 0.6 is 0 Å². The monoisotopic (exact) mass is 417 g/mol. The van der Waals surface area contributed by atoms with Gasteiger partial charge < -0.3 is 9.88 Å². The highest BCUT2D eigenvalue weighted by Gasteiger charge is 2.45. The zero-order valence-corrected chi connectivity index (χ0v) is 18.4. The van der Waals surface area contributed by atoms with Crippen LogP contribution in [-0.2, 0) is 12.8 Å². The highest BCUT2D eigenvalue weighted by molar-refractivity contribution is 5.63. The van der Waals surface area contributed by atoms with Crippen LogP contribution in [0.2, 0.25) is 0 Å². The Bertz CT molecular complexity index is 1090. The Morgan fingerprint density at radius 3 is 2.74 bits per heavy atom. The predicted octanol–water partition coefficient (Wildman–Crippen LogP) is 3.11. The highest BCUT2D eigenvalue weighted by Crippen LogP contribution is 2.53. The summed E-state index contributed by atoms with van der Waals surface area (Å²) in [6, 6.07) is 4.65. The van der Waals surface area contributed by atoms with Crippen molar-refractivity contribution in [2.75, 3.05) is 31.1 Å². The van der Waals surface area contributed by atoms with E-state index in [0.29, 0.717) is 11.5 Å². The summed E-state index contributed by atoms with van der Waals surface area (Å²) in [5.74, 6) is 0.822. The number of aromatic nitrogens is 3. The van der Waals surface area contributed by atoms with E-state index in [4.69, 9.17) is 4.98 Å². The highest BCUT2D eigenvalue weighted by atomic mass is 16.1. The second-order valence-corrected chi connectivity index (χ2v) is 9.95. The van der Waals surface area contributed by atoms with Crippen LogP contribution in [0.1, 0.15) is 54.9 Å². The molecule has 2 fully saturated rings. The van der Waals surface area contributed by atoms with Gasteiger partial charge in [-0.25, -0.2) is 4.98 Å². The molecule has 31 heavy (non-hydrogen) atoms. The molecule has 1 N–H and O–H groups in total. The molecule has 6 nitrogen and oxygen atoms in total. The number of allylic oxidation sites excluding steroid dienone is 1. The number of anilines is 1. The van der Waals surface area contributed by atoms with Crippen LogP contribution in [0.15, 0.2) is 29.2 Å². The number of rotatable bonds is 3. The summed E-state index contributed by atoms with van der Waals surface area (Å²) in [6.45, 7) is 6.26. The number of piperazine rings is 1. The van der Waals surface area contributed by atoms with Gasteiger partial charge in [-0.3, -0.25) is 14.7 Å². The topological polar surface area (TPSA) is 65.1 Å². The number of hydrogen-bond donors (Lipinski definition) is 1. The van der Waals surface area contributed by atoms with Crippen molar-refractivity contribution in [3.63, 3.8) is 0 Å². The first-order valence-corrected chi connectivity index (χ1v) is 11.8. The Labute approximate surface area is 183 Å². The molecule has 0 unspecified atom stereocenters. The number of H-pyrrole nitrogens is 1. The lowest BCUT2D eigenvalue weighted by Gasteiger charge is -2.39. The largest absolute Gasteiger partial charge is 0.368 e. The quantitative estimate of drug-likeness (QED) is 0.831. The Balaban J connectivity index is 1.15. The molecule has 162 valence electrons. The molecule has 0 aromatic carbocycles. The van der Waals surface area contributed by atoms with Gasteiger partial charge in [-0.1, -0.05) is 6.08 Å². The van der Waals surface area contributed by atoms with Crippen molar-refractivity contribution in [1.29, 1.82) is 0 Å². The predicted molar refractivity (Wildman–Crippen MR) is 122 cm³/mol. The van der Waals surface area contributed by atoms with E-state index in [0.717, 1.165) is 74.6 Å². The molecule has 3 heterocycles. The van der Waals surface area contributed by atoms with Gasteiger partial charge in [-0.15, -0.1) is 0 Å². The summed E-state index contributed by atoms with van der Waals surface area (Å²) < 4.78 is 0. The van der Waals surface area contributed by atoms with Crippen LogP contribution in [-0.4, -0.2) is 52.1 Å². The van der Waals surface area contributed by atoms with Gasteiger partial charge in [0.05, 0.1) is 17.1 Å². The van der Waals surface area contributed by atoms with Gasteiger partial charge in [-0.05, 0) is 75.0 Å². The summed E-state index contributed by atoms with van der Waals surface area (Å²) in [5.41, 5.74) is 6.16. The van der Waals surface area contributed by atoms with Crippen molar-refractivity contribution in [2.24, 2.45) is 5.41 Å². The fourth-order valence-corrected chi connectivity index (χ4v) is 5.83. The molecule has 6 rings (SSSR count). The van der Waals surface area contributed by atoms with Crippen LogP contribution in [0, 0.1) is 12.3 Å². The summed E-state index contributed by atoms with van der Waals surface area (Å²) in [7, 11) is 0. The van der Waals surface area contributed by atoms with Crippen LogP contribution in [0.3, 0.4) is 0 Å². The average molecular weight is 418 g/mol. The SMILES string of the molecule is Cc1ncccc1N1CCN([C@H]2C=C(c3nc4c(c(=O)[nH]3)CC3(CC4)CC3)CC2)CC1. The van der Waals surface area contributed by atoms with E-state index in [9.17, 15) is 4.79 Å². The minimum Gasteiger partial charge on any atom is -0.368 e. The van der Waals surface area contributed by atoms with Gasteiger partial charge in [0.15, 0.2) is 0 Å². The molecule has 2 aromatic rings. The van der Waals surface area contributed by atoms with Crippen LogP contribution in [0.5, 0.6) is 0 Å². The normalized spacial score (nSPS) is 24.9. The smallest absolute Gasteiger partial charge is 0.254 e. The summed E-state index contributed by atoms with van der Waals surface area (Å²) >= 11 is 0. The van der Waals surface area contributed by atoms with Crippen molar-refractivity contribution in [1.82, 2.24) is 19.9 Å². The van der Waals surface area contributed by atoms with Gasteiger partial charge >= 0.3 is 0 Å². The molecule has 1 saturated heterocycles. The molecular formula is C25H31N5O. The molecule has 0 amide bonds. The first kappa shape index (κ1) is 19.2. The lowest BCUT2D eigenvalue weighted by atomic mass is 9.84. The number of hydrogen-bond acceptors (Lipinski definition) is 5. The van der Waals surface area contributed by atoms with Gasteiger partial charge in [0, 0.05) is 44.0 Å². The van der Waals surface area contributed by atoms with E-state index in [2.05, 4.69) is 38.8 Å². The molecule has 1 saturated carbocycles. The molecule has 1 spiro atoms. The first-order chi connectivity index (χ1) is 15.1. The fourth-order valence-electron chi connectivity index (χ4n) is 5.83. The lowest BCUT2D eigenvalue weighted by molar-refractivity contribution is 0.214. The molecule has 4 aliphatic rings. The molecule has 3 aliphatic carbocycles. The van der Waals surface area contributed by atoms with Gasteiger partial charge in [-0.2, -0.15) is 0 Å². The maximum atomic E-state index is 12.8.